The summed E-state index contributed by atoms with van der Waals surface area (Å²) >= 11 is 0. The van der Waals surface area contributed by atoms with Crippen LogP contribution >= 0.6 is 0 Å². The normalized spacial score (nSPS) is 13.4. The Morgan fingerprint density at radius 1 is 0.359 bits per heavy atom. The lowest BCUT2D eigenvalue weighted by atomic mass is 10.1. The minimum absolute atomic E-state index is 0.0377. The number of hydrogen-bond acceptors (Lipinski definition) is 5. The van der Waals surface area contributed by atoms with E-state index in [9.17, 15) is 9.59 Å². The average Bonchev–Trinajstić information content (AvgIpc) is 3.30. The molecular formula is C59H94O5. The lowest BCUT2D eigenvalue weighted by Crippen LogP contribution is -2.30. The molecule has 0 aliphatic carbocycles. The van der Waals surface area contributed by atoms with E-state index in [0.29, 0.717) is 19.4 Å². The van der Waals surface area contributed by atoms with Crippen molar-refractivity contribution in [2.45, 2.75) is 207 Å². The molecule has 0 aromatic carbocycles. The van der Waals surface area contributed by atoms with Crippen molar-refractivity contribution in [3.63, 3.8) is 0 Å². The quantitative estimate of drug-likeness (QED) is 0.0346. The Balaban J connectivity index is 4.44. The van der Waals surface area contributed by atoms with Gasteiger partial charge in [-0.2, -0.15) is 0 Å². The molecule has 0 radical (unpaired) electrons. The van der Waals surface area contributed by atoms with E-state index in [1.54, 1.807) is 0 Å². The van der Waals surface area contributed by atoms with Gasteiger partial charge in [0.2, 0.25) is 0 Å². The lowest BCUT2D eigenvalue weighted by Gasteiger charge is -2.18. The molecule has 0 rings (SSSR count). The summed E-state index contributed by atoms with van der Waals surface area (Å²) < 4.78 is 17.3. The summed E-state index contributed by atoms with van der Waals surface area (Å²) in [4.78, 5) is 25.4. The van der Waals surface area contributed by atoms with Crippen molar-refractivity contribution in [3.05, 3.63) is 134 Å². The molecule has 1 unspecified atom stereocenters. The highest BCUT2D eigenvalue weighted by Crippen LogP contribution is 2.11. The highest BCUT2D eigenvalue weighted by atomic mass is 16.6. The monoisotopic (exact) mass is 883 g/mol. The first-order valence-electron chi connectivity index (χ1n) is 25.7. The minimum atomic E-state index is -0.587. The number of allylic oxidation sites excluding steroid dienone is 22. The first-order chi connectivity index (χ1) is 31.6. The van der Waals surface area contributed by atoms with E-state index in [0.717, 1.165) is 128 Å². The Kier molecular flexibility index (Phi) is 50.1. The second-order valence-electron chi connectivity index (χ2n) is 16.3. The van der Waals surface area contributed by atoms with Gasteiger partial charge in [-0.3, -0.25) is 9.59 Å². The first kappa shape index (κ1) is 60.0. The molecule has 0 aromatic heterocycles. The van der Waals surface area contributed by atoms with Crippen LogP contribution in [-0.4, -0.2) is 37.9 Å². The second kappa shape index (κ2) is 53.4. The van der Waals surface area contributed by atoms with Gasteiger partial charge in [0.05, 0.1) is 6.61 Å². The number of rotatable bonds is 45. The summed E-state index contributed by atoms with van der Waals surface area (Å²) in [5.41, 5.74) is 0. The van der Waals surface area contributed by atoms with Gasteiger partial charge in [0.25, 0.3) is 0 Å². The van der Waals surface area contributed by atoms with Crippen LogP contribution in [0.15, 0.2) is 134 Å². The van der Waals surface area contributed by atoms with Gasteiger partial charge < -0.3 is 14.2 Å². The number of carbonyl (C=O) groups excluding carboxylic acids is 2. The summed E-state index contributed by atoms with van der Waals surface area (Å²) in [5.74, 6) is -0.499. The van der Waals surface area contributed by atoms with Crippen molar-refractivity contribution in [2.24, 2.45) is 0 Å². The molecule has 0 aliphatic rings. The zero-order chi connectivity index (χ0) is 46.3. The predicted molar refractivity (Wildman–Crippen MR) is 278 cm³/mol. The predicted octanol–water partition coefficient (Wildman–Crippen LogP) is 17.6. The van der Waals surface area contributed by atoms with Crippen LogP contribution < -0.4 is 0 Å². The summed E-state index contributed by atoms with van der Waals surface area (Å²) in [6.07, 6.45) is 76.0. The highest BCUT2D eigenvalue weighted by Gasteiger charge is 2.17. The maximum atomic E-state index is 12.8. The fraction of sp³-hybridized carbons (Fsp3) is 0.593. The van der Waals surface area contributed by atoms with Crippen molar-refractivity contribution in [1.29, 1.82) is 0 Å². The topological polar surface area (TPSA) is 61.8 Å². The average molecular weight is 883 g/mol. The van der Waals surface area contributed by atoms with Crippen molar-refractivity contribution in [1.82, 2.24) is 0 Å². The number of carbonyl (C=O) groups is 2. The number of ether oxygens (including phenoxy) is 3. The molecule has 0 heterocycles. The fourth-order valence-corrected chi connectivity index (χ4v) is 6.39. The number of hydrogen-bond donors (Lipinski definition) is 0. The molecule has 0 spiro atoms. The van der Waals surface area contributed by atoms with Crippen molar-refractivity contribution in [3.8, 4) is 0 Å². The molecule has 0 saturated heterocycles. The van der Waals surface area contributed by atoms with Crippen LogP contribution in [0.25, 0.3) is 0 Å². The molecule has 0 amide bonds. The van der Waals surface area contributed by atoms with Crippen LogP contribution in [-0.2, 0) is 23.8 Å². The molecule has 0 aliphatic heterocycles. The first-order valence-corrected chi connectivity index (χ1v) is 25.7. The fourth-order valence-electron chi connectivity index (χ4n) is 6.39. The third-order valence-electron chi connectivity index (χ3n) is 10.1. The molecule has 0 aromatic rings. The SMILES string of the molecule is CC/C=C\C/C=C\C/C=C\C/C=C\C/C=C\CCCCCC(=O)OCC(COCCCCCCCC/C=C\C/C=C\CCC)OC(=O)CCCC/C=C\C/C=C\C/C=C\C/C=C\CC. The highest BCUT2D eigenvalue weighted by molar-refractivity contribution is 5.70. The van der Waals surface area contributed by atoms with Gasteiger partial charge in [-0.15, -0.1) is 0 Å². The third-order valence-corrected chi connectivity index (χ3v) is 10.1. The van der Waals surface area contributed by atoms with E-state index in [-0.39, 0.29) is 25.2 Å². The Hall–Kier alpha value is -3.96. The zero-order valence-electron chi connectivity index (χ0n) is 41.2. The van der Waals surface area contributed by atoms with Crippen LogP contribution in [0.1, 0.15) is 201 Å². The Morgan fingerprint density at radius 3 is 1.16 bits per heavy atom. The van der Waals surface area contributed by atoms with Crippen LogP contribution in [0.5, 0.6) is 0 Å². The molecule has 5 heteroatoms. The summed E-state index contributed by atoms with van der Waals surface area (Å²) in [6.45, 7) is 7.41. The van der Waals surface area contributed by atoms with E-state index in [2.05, 4.69) is 154 Å². The molecule has 0 saturated carbocycles. The Bertz CT molecular complexity index is 1370. The smallest absolute Gasteiger partial charge is 0.306 e. The molecule has 0 fully saturated rings. The van der Waals surface area contributed by atoms with Crippen LogP contribution in [0.4, 0.5) is 0 Å². The summed E-state index contributed by atoms with van der Waals surface area (Å²) in [5, 5.41) is 0. The maximum Gasteiger partial charge on any atom is 0.306 e. The van der Waals surface area contributed by atoms with E-state index < -0.39 is 6.10 Å². The van der Waals surface area contributed by atoms with Gasteiger partial charge >= 0.3 is 11.9 Å². The molecule has 0 N–H and O–H groups in total. The van der Waals surface area contributed by atoms with Crippen LogP contribution in [0, 0.1) is 0 Å². The van der Waals surface area contributed by atoms with Crippen LogP contribution in [0.3, 0.4) is 0 Å². The molecular weight excluding hydrogens is 789 g/mol. The van der Waals surface area contributed by atoms with Crippen molar-refractivity contribution in [2.75, 3.05) is 19.8 Å². The molecule has 0 bridgehead atoms. The third kappa shape index (κ3) is 50.7. The molecule has 360 valence electrons. The van der Waals surface area contributed by atoms with Gasteiger partial charge in [-0.25, -0.2) is 0 Å². The second-order valence-corrected chi connectivity index (χ2v) is 16.3. The van der Waals surface area contributed by atoms with Crippen LogP contribution in [0.2, 0.25) is 0 Å². The van der Waals surface area contributed by atoms with Gasteiger partial charge in [0.1, 0.15) is 6.61 Å². The molecule has 64 heavy (non-hydrogen) atoms. The minimum Gasteiger partial charge on any atom is -0.462 e. The maximum absolute atomic E-state index is 12.8. The zero-order valence-corrected chi connectivity index (χ0v) is 41.2. The van der Waals surface area contributed by atoms with Gasteiger partial charge in [0, 0.05) is 19.4 Å². The van der Waals surface area contributed by atoms with E-state index in [1.165, 1.54) is 38.5 Å². The summed E-state index contributed by atoms with van der Waals surface area (Å²) in [6, 6.07) is 0. The lowest BCUT2D eigenvalue weighted by molar-refractivity contribution is -0.163. The molecule has 1 atom stereocenters. The van der Waals surface area contributed by atoms with E-state index >= 15 is 0 Å². The number of unbranched alkanes of at least 4 members (excludes halogenated alkanes) is 12. The molecule has 5 nitrogen and oxygen atoms in total. The van der Waals surface area contributed by atoms with E-state index in [1.807, 2.05) is 0 Å². The van der Waals surface area contributed by atoms with Crippen molar-refractivity contribution < 1.29 is 23.8 Å². The van der Waals surface area contributed by atoms with Crippen molar-refractivity contribution >= 4 is 11.9 Å². The largest absolute Gasteiger partial charge is 0.462 e. The van der Waals surface area contributed by atoms with E-state index in [4.69, 9.17) is 14.2 Å². The van der Waals surface area contributed by atoms with Gasteiger partial charge in [-0.05, 0) is 128 Å². The van der Waals surface area contributed by atoms with Gasteiger partial charge in [0.15, 0.2) is 6.10 Å². The Labute approximate surface area is 394 Å². The van der Waals surface area contributed by atoms with Gasteiger partial charge in [-0.1, -0.05) is 193 Å². The summed E-state index contributed by atoms with van der Waals surface area (Å²) in [7, 11) is 0. The number of esters is 2. The Morgan fingerprint density at radius 2 is 0.703 bits per heavy atom. The standard InChI is InChI=1S/C59H94O5/c1-4-7-10-13-16-19-22-25-28-29-30-31-33-34-37-40-43-46-49-52-58(60)63-56-57(55-62-54-51-48-45-42-39-36-27-24-21-18-15-12-9-6-3)64-59(61)53-50-47-44-41-38-35-32-26-23-20-17-14-11-8-5-2/h7-8,10-12,15-17,19-21,24-26,28,30-32,34,37-38,41,57H,4-6,9,13-14,18,22-23,27,29,33,35-36,39-40,42-56H2,1-3H3/b10-7-,11-8-,15-12-,19-16-,20-17-,24-21-,28-25-,31-30-,32-26-,37-34-,41-38-.